The summed E-state index contributed by atoms with van der Waals surface area (Å²) >= 11 is 0. The highest BCUT2D eigenvalue weighted by Gasteiger charge is 1.99. The van der Waals surface area contributed by atoms with E-state index in [1.165, 1.54) is 12.8 Å². The number of hydrogen-bond acceptors (Lipinski definition) is 1. The van der Waals surface area contributed by atoms with E-state index in [0.29, 0.717) is 0 Å². The summed E-state index contributed by atoms with van der Waals surface area (Å²) in [5.74, 6) is 0.778. The minimum absolute atomic E-state index is 0.778. The molecule has 0 unspecified atom stereocenters. The fourth-order valence-electron chi connectivity index (χ4n) is 0.760. The Morgan fingerprint density at radius 2 is 1.75 bits per heavy atom. The molecule has 0 aliphatic carbocycles. The van der Waals surface area contributed by atoms with Gasteiger partial charge in [0.05, 0.1) is 0 Å². The number of ether oxygens (including phenoxy) is 1. The van der Waals surface area contributed by atoms with Crippen LogP contribution in [0.4, 0.5) is 0 Å². The van der Waals surface area contributed by atoms with Gasteiger partial charge in [-0.1, -0.05) is 26.7 Å². The van der Waals surface area contributed by atoms with Crippen molar-refractivity contribution < 1.29 is 4.74 Å². The van der Waals surface area contributed by atoms with E-state index in [1.807, 2.05) is 0 Å². The van der Waals surface area contributed by atoms with E-state index in [4.69, 9.17) is 4.74 Å². The molecule has 0 rings (SSSR count). The van der Waals surface area contributed by atoms with Gasteiger partial charge in [0.25, 0.3) is 0 Å². The summed E-state index contributed by atoms with van der Waals surface area (Å²) < 4.78 is 4.99. The highest BCUT2D eigenvalue weighted by molar-refractivity contribution is 4.50. The molecule has 0 fully saturated rings. The van der Waals surface area contributed by atoms with Crippen LogP contribution < -0.4 is 0 Å². The summed E-state index contributed by atoms with van der Waals surface area (Å²) in [6, 6.07) is 0. The maximum Gasteiger partial charge on any atom is 0.0490 e. The molecule has 0 saturated carbocycles. The van der Waals surface area contributed by atoms with Gasteiger partial charge in [0.1, 0.15) is 0 Å². The van der Waals surface area contributed by atoms with Crippen LogP contribution in [0.1, 0.15) is 26.7 Å². The maximum absolute atomic E-state index is 4.99. The van der Waals surface area contributed by atoms with Crippen LogP contribution in [0.3, 0.4) is 0 Å². The Morgan fingerprint density at radius 1 is 1.25 bits per heavy atom. The van der Waals surface area contributed by atoms with Crippen LogP contribution >= 0.6 is 0 Å². The Morgan fingerprint density at radius 3 is 1.88 bits per heavy atom. The molecule has 0 atom stereocenters. The van der Waals surface area contributed by atoms with Crippen LogP contribution in [0, 0.1) is 5.92 Å². The molecule has 0 N–H and O–H groups in total. The van der Waals surface area contributed by atoms with Crippen molar-refractivity contribution in [3.8, 4) is 0 Å². The van der Waals surface area contributed by atoms with Crippen molar-refractivity contribution in [1.29, 1.82) is 0 Å². The molecule has 0 aliphatic rings. The summed E-state index contributed by atoms with van der Waals surface area (Å²) in [5, 5.41) is 0. The summed E-state index contributed by atoms with van der Waals surface area (Å²) in [6.07, 6.45) is 2.48. The first-order valence-electron chi connectivity index (χ1n) is 3.34. The van der Waals surface area contributed by atoms with E-state index in [2.05, 4.69) is 13.8 Å². The number of methoxy groups -OCH3 is 1. The highest BCUT2D eigenvalue weighted by Crippen LogP contribution is 2.05. The zero-order valence-electron chi connectivity index (χ0n) is 6.11. The quantitative estimate of drug-likeness (QED) is 0.546. The minimum Gasteiger partial charge on any atom is -0.384 e. The molecule has 0 spiro atoms. The largest absolute Gasteiger partial charge is 0.384 e. The number of rotatable bonds is 4. The Bertz CT molecular complexity index is 39.7. The third kappa shape index (κ3) is 3.03. The topological polar surface area (TPSA) is 9.23 Å². The summed E-state index contributed by atoms with van der Waals surface area (Å²) in [5.41, 5.74) is 0. The molecular weight excluding hydrogens is 100 g/mol. The maximum atomic E-state index is 4.99. The Hall–Kier alpha value is -0.0400. The van der Waals surface area contributed by atoms with Gasteiger partial charge in [0, 0.05) is 13.7 Å². The molecule has 1 nitrogen and oxygen atoms in total. The molecule has 1 heteroatoms. The van der Waals surface area contributed by atoms with Crippen molar-refractivity contribution >= 4 is 0 Å². The fourth-order valence-corrected chi connectivity index (χ4v) is 0.760. The first-order valence-corrected chi connectivity index (χ1v) is 3.34. The molecule has 0 bridgehead atoms. The van der Waals surface area contributed by atoms with E-state index in [0.717, 1.165) is 12.5 Å². The van der Waals surface area contributed by atoms with Crippen molar-refractivity contribution in [2.24, 2.45) is 5.92 Å². The lowest BCUT2D eigenvalue weighted by molar-refractivity contribution is 0.148. The summed E-state index contributed by atoms with van der Waals surface area (Å²) in [6.45, 7) is 5.33. The third-order valence-electron chi connectivity index (χ3n) is 1.56. The summed E-state index contributed by atoms with van der Waals surface area (Å²) in [7, 11) is 1.76. The average molecular weight is 116 g/mol. The van der Waals surface area contributed by atoms with Crippen LogP contribution in [0.2, 0.25) is 0 Å². The Labute approximate surface area is 52.0 Å². The average Bonchev–Trinajstić information content (AvgIpc) is 1.83. The van der Waals surface area contributed by atoms with Crippen molar-refractivity contribution in [3.05, 3.63) is 0 Å². The van der Waals surface area contributed by atoms with Crippen molar-refractivity contribution in [3.63, 3.8) is 0 Å². The molecule has 0 amide bonds. The molecule has 0 aromatic heterocycles. The standard InChI is InChI=1S/C7H16O/c1-4-7(5-2)6-8-3/h7H,4-6H2,1-3H3. The van der Waals surface area contributed by atoms with Gasteiger partial charge >= 0.3 is 0 Å². The van der Waals surface area contributed by atoms with Gasteiger partial charge in [-0.3, -0.25) is 0 Å². The first-order chi connectivity index (χ1) is 3.85. The van der Waals surface area contributed by atoms with Gasteiger partial charge in [-0.15, -0.1) is 0 Å². The van der Waals surface area contributed by atoms with Crippen LogP contribution in [0.5, 0.6) is 0 Å². The predicted octanol–water partition coefficient (Wildman–Crippen LogP) is 2.07. The first kappa shape index (κ1) is 7.96. The monoisotopic (exact) mass is 116 g/mol. The van der Waals surface area contributed by atoms with Crippen molar-refractivity contribution in [2.75, 3.05) is 13.7 Å². The molecule has 0 heterocycles. The molecule has 50 valence electrons. The van der Waals surface area contributed by atoms with Gasteiger partial charge in [-0.2, -0.15) is 0 Å². The van der Waals surface area contributed by atoms with E-state index in [1.54, 1.807) is 7.11 Å². The van der Waals surface area contributed by atoms with Crippen molar-refractivity contribution in [1.82, 2.24) is 0 Å². The smallest absolute Gasteiger partial charge is 0.0490 e. The van der Waals surface area contributed by atoms with E-state index in [-0.39, 0.29) is 0 Å². The van der Waals surface area contributed by atoms with E-state index in [9.17, 15) is 0 Å². The van der Waals surface area contributed by atoms with Crippen LogP contribution in [0.15, 0.2) is 0 Å². The normalized spacial score (nSPS) is 10.5. The summed E-state index contributed by atoms with van der Waals surface area (Å²) in [4.78, 5) is 0. The van der Waals surface area contributed by atoms with Gasteiger partial charge in [-0.05, 0) is 5.92 Å². The van der Waals surface area contributed by atoms with Gasteiger partial charge < -0.3 is 4.74 Å². The van der Waals surface area contributed by atoms with Gasteiger partial charge in [-0.25, -0.2) is 0 Å². The third-order valence-corrected chi connectivity index (χ3v) is 1.56. The second-order valence-corrected chi connectivity index (χ2v) is 2.14. The number of hydrogen-bond donors (Lipinski definition) is 0. The van der Waals surface area contributed by atoms with Gasteiger partial charge in [0.15, 0.2) is 0 Å². The zero-order valence-corrected chi connectivity index (χ0v) is 6.11. The van der Waals surface area contributed by atoms with E-state index >= 15 is 0 Å². The second kappa shape index (κ2) is 5.10. The molecule has 0 radical (unpaired) electrons. The lowest BCUT2D eigenvalue weighted by Gasteiger charge is -2.08. The lowest BCUT2D eigenvalue weighted by atomic mass is 10.1. The zero-order chi connectivity index (χ0) is 6.41. The second-order valence-electron chi connectivity index (χ2n) is 2.14. The molecule has 0 aliphatic heterocycles. The Kier molecular flexibility index (Phi) is 5.08. The molecule has 8 heavy (non-hydrogen) atoms. The molecule has 0 aromatic rings. The Balaban J connectivity index is 3.07. The van der Waals surface area contributed by atoms with Crippen molar-refractivity contribution in [2.45, 2.75) is 26.7 Å². The fraction of sp³-hybridized carbons (Fsp3) is 1.00. The SMILES string of the molecule is CCC(CC)COC. The lowest BCUT2D eigenvalue weighted by Crippen LogP contribution is -2.04. The minimum atomic E-state index is 0.778. The van der Waals surface area contributed by atoms with E-state index < -0.39 is 0 Å². The highest BCUT2D eigenvalue weighted by atomic mass is 16.5. The predicted molar refractivity (Wildman–Crippen MR) is 35.9 cm³/mol. The molecular formula is C7H16O. The van der Waals surface area contributed by atoms with Gasteiger partial charge in [0.2, 0.25) is 0 Å². The molecule has 0 aromatic carbocycles. The van der Waals surface area contributed by atoms with Crippen LogP contribution in [-0.2, 0) is 4.74 Å². The van der Waals surface area contributed by atoms with Crippen LogP contribution in [-0.4, -0.2) is 13.7 Å². The van der Waals surface area contributed by atoms with Crippen LogP contribution in [0.25, 0.3) is 0 Å². The molecule has 0 saturated heterocycles.